The molecule has 0 radical (unpaired) electrons. The molecule has 74 valence electrons. The Labute approximate surface area is 83.8 Å². The van der Waals surface area contributed by atoms with Crippen LogP contribution in [0.25, 0.3) is 5.65 Å². The van der Waals surface area contributed by atoms with Gasteiger partial charge in [-0.05, 0) is 11.8 Å². The van der Waals surface area contributed by atoms with Crippen LogP contribution in [0.3, 0.4) is 0 Å². The van der Waals surface area contributed by atoms with Crippen molar-refractivity contribution in [2.24, 2.45) is 5.41 Å². The molecule has 2 heterocycles. The predicted molar refractivity (Wildman–Crippen MR) is 56.1 cm³/mol. The van der Waals surface area contributed by atoms with Crippen LogP contribution in [0, 0.1) is 5.41 Å². The summed E-state index contributed by atoms with van der Waals surface area (Å²) in [6, 6.07) is 0. The minimum atomic E-state index is 0.278. The Bertz CT molecular complexity index is 437. The maximum atomic E-state index is 4.21. The Morgan fingerprint density at radius 3 is 2.79 bits per heavy atom. The fraction of sp³-hybridized carbons (Fsp3) is 0.455. The Morgan fingerprint density at radius 1 is 1.29 bits per heavy atom. The van der Waals surface area contributed by atoms with E-state index in [4.69, 9.17) is 0 Å². The molecule has 0 N–H and O–H groups in total. The third-order valence-corrected chi connectivity index (χ3v) is 2.10. The largest absolute Gasteiger partial charge is 0.301 e. The van der Waals surface area contributed by atoms with E-state index in [1.165, 1.54) is 5.69 Å². The zero-order valence-electron chi connectivity index (χ0n) is 8.86. The highest BCUT2D eigenvalue weighted by Crippen LogP contribution is 2.20. The van der Waals surface area contributed by atoms with E-state index in [-0.39, 0.29) is 5.41 Å². The molecule has 2 aromatic rings. The maximum absolute atomic E-state index is 4.21. The fourth-order valence-electron chi connectivity index (χ4n) is 1.58. The van der Waals surface area contributed by atoms with Crippen molar-refractivity contribution in [3.05, 3.63) is 30.5 Å². The molecule has 0 saturated heterocycles. The Morgan fingerprint density at radius 2 is 2.07 bits per heavy atom. The summed E-state index contributed by atoms with van der Waals surface area (Å²) >= 11 is 0. The van der Waals surface area contributed by atoms with E-state index in [9.17, 15) is 0 Å². The molecule has 0 atom stereocenters. The van der Waals surface area contributed by atoms with Crippen LogP contribution in [0.2, 0.25) is 0 Å². The molecule has 0 aliphatic rings. The molecule has 3 heteroatoms. The van der Waals surface area contributed by atoms with Gasteiger partial charge in [0, 0.05) is 24.3 Å². The lowest BCUT2D eigenvalue weighted by Crippen LogP contribution is -2.12. The van der Waals surface area contributed by atoms with Crippen LogP contribution in [0.4, 0.5) is 0 Å². The van der Waals surface area contributed by atoms with Crippen LogP contribution in [0.15, 0.2) is 24.8 Å². The normalized spacial score (nSPS) is 12.2. The highest BCUT2D eigenvalue weighted by Gasteiger charge is 2.13. The van der Waals surface area contributed by atoms with Crippen LogP contribution in [-0.4, -0.2) is 14.4 Å². The van der Waals surface area contributed by atoms with Crippen molar-refractivity contribution in [2.75, 3.05) is 0 Å². The standard InChI is InChI=1S/C11H15N3/c1-11(2,3)6-9-7-12-8-10-13-4-5-14(9)10/h4-5,7-8H,6H2,1-3H3. The van der Waals surface area contributed by atoms with E-state index >= 15 is 0 Å². The van der Waals surface area contributed by atoms with Gasteiger partial charge in [-0.15, -0.1) is 0 Å². The lowest BCUT2D eigenvalue weighted by Gasteiger charge is -2.18. The lowest BCUT2D eigenvalue weighted by molar-refractivity contribution is 0.404. The Kier molecular flexibility index (Phi) is 2.02. The van der Waals surface area contributed by atoms with Gasteiger partial charge in [0.05, 0.1) is 6.20 Å². The molecular formula is C11H15N3. The van der Waals surface area contributed by atoms with Crippen molar-refractivity contribution in [3.63, 3.8) is 0 Å². The average molecular weight is 189 g/mol. The van der Waals surface area contributed by atoms with Crippen molar-refractivity contribution in [2.45, 2.75) is 27.2 Å². The highest BCUT2D eigenvalue weighted by molar-refractivity contribution is 5.36. The summed E-state index contributed by atoms with van der Waals surface area (Å²) < 4.78 is 2.10. The summed E-state index contributed by atoms with van der Waals surface area (Å²) in [5.74, 6) is 0. The van der Waals surface area contributed by atoms with Gasteiger partial charge in [-0.3, -0.25) is 4.98 Å². The smallest absolute Gasteiger partial charge is 0.155 e. The highest BCUT2D eigenvalue weighted by atomic mass is 15.0. The number of hydrogen-bond donors (Lipinski definition) is 0. The third kappa shape index (κ3) is 1.76. The average Bonchev–Trinajstić information content (AvgIpc) is 2.49. The third-order valence-electron chi connectivity index (χ3n) is 2.10. The van der Waals surface area contributed by atoms with Crippen molar-refractivity contribution in [1.29, 1.82) is 0 Å². The summed E-state index contributed by atoms with van der Waals surface area (Å²) in [7, 11) is 0. The first-order chi connectivity index (χ1) is 6.56. The number of rotatable bonds is 1. The van der Waals surface area contributed by atoms with Crippen LogP contribution in [-0.2, 0) is 6.42 Å². The van der Waals surface area contributed by atoms with Crippen molar-refractivity contribution in [1.82, 2.24) is 14.4 Å². The molecule has 0 unspecified atom stereocenters. The van der Waals surface area contributed by atoms with E-state index in [2.05, 4.69) is 35.1 Å². The molecule has 0 aromatic carbocycles. The molecule has 14 heavy (non-hydrogen) atoms. The van der Waals surface area contributed by atoms with Crippen molar-refractivity contribution >= 4 is 5.65 Å². The second-order valence-corrected chi connectivity index (χ2v) is 4.79. The first kappa shape index (κ1) is 9.19. The summed E-state index contributed by atoms with van der Waals surface area (Å²) in [5.41, 5.74) is 2.42. The van der Waals surface area contributed by atoms with Gasteiger partial charge in [0.1, 0.15) is 0 Å². The molecule has 0 fully saturated rings. The van der Waals surface area contributed by atoms with Gasteiger partial charge in [0.15, 0.2) is 5.65 Å². The number of imidazole rings is 1. The predicted octanol–water partition coefficient (Wildman–Crippen LogP) is 2.32. The monoisotopic (exact) mass is 189 g/mol. The van der Waals surface area contributed by atoms with Gasteiger partial charge in [0.2, 0.25) is 0 Å². The van der Waals surface area contributed by atoms with Gasteiger partial charge in [-0.25, -0.2) is 4.98 Å². The molecule has 3 nitrogen and oxygen atoms in total. The van der Waals surface area contributed by atoms with Gasteiger partial charge >= 0.3 is 0 Å². The summed E-state index contributed by atoms with van der Waals surface area (Å²) in [4.78, 5) is 8.40. The van der Waals surface area contributed by atoms with Crippen LogP contribution in [0.5, 0.6) is 0 Å². The molecule has 0 amide bonds. The number of nitrogens with zero attached hydrogens (tertiary/aromatic N) is 3. The van der Waals surface area contributed by atoms with E-state index in [1.807, 2.05) is 18.6 Å². The molecule has 0 spiro atoms. The molecule has 0 saturated carbocycles. The first-order valence-electron chi connectivity index (χ1n) is 4.82. The molecule has 0 aliphatic heterocycles. The molecule has 2 rings (SSSR count). The van der Waals surface area contributed by atoms with E-state index < -0.39 is 0 Å². The minimum Gasteiger partial charge on any atom is -0.301 e. The number of aromatic nitrogens is 3. The topological polar surface area (TPSA) is 30.2 Å². The van der Waals surface area contributed by atoms with Crippen LogP contribution in [0.1, 0.15) is 26.5 Å². The van der Waals surface area contributed by atoms with Gasteiger partial charge in [0.25, 0.3) is 0 Å². The SMILES string of the molecule is CC(C)(C)Cc1cncc2nccn12. The molecule has 0 aliphatic carbocycles. The minimum absolute atomic E-state index is 0.278. The zero-order chi connectivity index (χ0) is 10.2. The number of hydrogen-bond acceptors (Lipinski definition) is 2. The maximum Gasteiger partial charge on any atom is 0.155 e. The summed E-state index contributed by atoms with van der Waals surface area (Å²) in [6.07, 6.45) is 8.50. The summed E-state index contributed by atoms with van der Waals surface area (Å²) in [6.45, 7) is 6.67. The van der Waals surface area contributed by atoms with Gasteiger partial charge in [-0.2, -0.15) is 0 Å². The van der Waals surface area contributed by atoms with Crippen LogP contribution < -0.4 is 0 Å². The second-order valence-electron chi connectivity index (χ2n) is 4.79. The Balaban J connectivity index is 2.46. The Hall–Kier alpha value is -1.38. The van der Waals surface area contributed by atoms with Crippen molar-refractivity contribution in [3.8, 4) is 0 Å². The quantitative estimate of drug-likeness (QED) is 0.689. The fourth-order valence-corrected chi connectivity index (χ4v) is 1.58. The second kappa shape index (κ2) is 3.08. The van der Waals surface area contributed by atoms with E-state index in [0.29, 0.717) is 0 Å². The van der Waals surface area contributed by atoms with E-state index in [0.717, 1.165) is 12.1 Å². The summed E-state index contributed by atoms with van der Waals surface area (Å²) in [5, 5.41) is 0. The van der Waals surface area contributed by atoms with Gasteiger partial charge in [-0.1, -0.05) is 20.8 Å². The lowest BCUT2D eigenvalue weighted by atomic mass is 9.91. The van der Waals surface area contributed by atoms with E-state index in [1.54, 1.807) is 6.20 Å². The molecule has 0 bridgehead atoms. The van der Waals surface area contributed by atoms with Crippen LogP contribution >= 0.6 is 0 Å². The van der Waals surface area contributed by atoms with Gasteiger partial charge < -0.3 is 4.40 Å². The molecular weight excluding hydrogens is 174 g/mol. The molecule has 2 aromatic heterocycles. The van der Waals surface area contributed by atoms with Crippen molar-refractivity contribution < 1.29 is 0 Å². The number of fused-ring (bicyclic) bond motifs is 1. The zero-order valence-corrected chi connectivity index (χ0v) is 8.86. The first-order valence-corrected chi connectivity index (χ1v) is 4.82.